The highest BCUT2D eigenvalue weighted by Crippen LogP contribution is 2.39. The maximum atomic E-state index is 11.0. The van der Waals surface area contributed by atoms with E-state index in [0.29, 0.717) is 5.92 Å². The van der Waals surface area contributed by atoms with Crippen molar-refractivity contribution in [2.24, 2.45) is 11.7 Å². The first-order chi connectivity index (χ1) is 8.24. The van der Waals surface area contributed by atoms with Crippen molar-refractivity contribution in [2.75, 3.05) is 0 Å². The number of nitrogens with zero attached hydrogens (tertiary/aromatic N) is 3. The van der Waals surface area contributed by atoms with E-state index in [0.717, 1.165) is 18.2 Å². The Bertz CT molecular complexity index is 432. The Morgan fingerprint density at radius 1 is 1.35 bits per heavy atom. The fourth-order valence-electron chi connectivity index (χ4n) is 2.46. The molecular weight excluding hydrogens is 216 g/mol. The van der Waals surface area contributed by atoms with Crippen LogP contribution in [0.5, 0.6) is 0 Å². The van der Waals surface area contributed by atoms with Crippen LogP contribution >= 0.6 is 0 Å². The molecule has 92 valence electrons. The van der Waals surface area contributed by atoms with Crippen molar-refractivity contribution in [3.05, 3.63) is 11.4 Å². The lowest BCUT2D eigenvalue weighted by molar-refractivity contribution is -0.117. The van der Waals surface area contributed by atoms with Crippen molar-refractivity contribution in [1.82, 2.24) is 15.0 Å². The summed E-state index contributed by atoms with van der Waals surface area (Å²) in [5, 5.41) is 8.36. The second-order valence-electron chi connectivity index (χ2n) is 5.32. The number of carbonyl (C=O) groups is 1. The summed E-state index contributed by atoms with van der Waals surface area (Å²) in [6.07, 6.45) is 6.50. The molecule has 0 saturated heterocycles. The van der Waals surface area contributed by atoms with Gasteiger partial charge in [0.1, 0.15) is 0 Å². The van der Waals surface area contributed by atoms with E-state index in [1.165, 1.54) is 37.8 Å². The summed E-state index contributed by atoms with van der Waals surface area (Å²) < 4.78 is 2.03. The fraction of sp³-hybridized carbons (Fsp3) is 0.750. The third-order valence-corrected chi connectivity index (χ3v) is 3.81. The number of carbonyl (C=O) groups excluding carboxylic acids is 1. The van der Waals surface area contributed by atoms with Crippen LogP contribution in [0.2, 0.25) is 0 Å². The van der Waals surface area contributed by atoms with Gasteiger partial charge in [-0.2, -0.15) is 0 Å². The van der Waals surface area contributed by atoms with Gasteiger partial charge in [-0.15, -0.1) is 5.10 Å². The van der Waals surface area contributed by atoms with Crippen molar-refractivity contribution in [1.29, 1.82) is 0 Å². The molecule has 2 aliphatic carbocycles. The van der Waals surface area contributed by atoms with Crippen LogP contribution in [-0.2, 0) is 17.8 Å². The van der Waals surface area contributed by atoms with Gasteiger partial charge in [0.2, 0.25) is 5.91 Å². The van der Waals surface area contributed by atoms with Crippen LogP contribution in [0.3, 0.4) is 0 Å². The zero-order valence-electron chi connectivity index (χ0n) is 9.93. The number of hydrogen-bond donors (Lipinski definition) is 1. The molecule has 2 N–H and O–H groups in total. The quantitative estimate of drug-likeness (QED) is 0.825. The maximum Gasteiger partial charge on any atom is 0.223 e. The molecule has 3 rings (SSSR count). The van der Waals surface area contributed by atoms with Gasteiger partial charge >= 0.3 is 0 Å². The van der Waals surface area contributed by atoms with Gasteiger partial charge in [-0.05, 0) is 31.6 Å². The van der Waals surface area contributed by atoms with Gasteiger partial charge in [0, 0.05) is 12.5 Å². The molecular formula is C12H18N4O. The molecule has 5 nitrogen and oxygen atoms in total. The predicted octanol–water partition coefficient (Wildman–Crippen LogP) is 0.983. The van der Waals surface area contributed by atoms with Crippen molar-refractivity contribution < 1.29 is 4.79 Å². The zero-order valence-corrected chi connectivity index (χ0v) is 9.93. The lowest BCUT2D eigenvalue weighted by Gasteiger charge is -2.26. The van der Waals surface area contributed by atoms with Crippen LogP contribution in [-0.4, -0.2) is 20.9 Å². The first-order valence-electron chi connectivity index (χ1n) is 6.44. The predicted molar refractivity (Wildman–Crippen MR) is 62.2 cm³/mol. The molecule has 1 aromatic heterocycles. The lowest BCUT2D eigenvalue weighted by atomic mass is 9.81. The Kier molecular flexibility index (Phi) is 2.61. The Balaban J connectivity index is 1.85. The van der Waals surface area contributed by atoms with E-state index < -0.39 is 0 Å². The molecule has 0 unspecified atom stereocenters. The zero-order chi connectivity index (χ0) is 11.8. The molecule has 2 saturated carbocycles. The number of primary amides is 1. The van der Waals surface area contributed by atoms with Crippen molar-refractivity contribution in [3.8, 4) is 0 Å². The maximum absolute atomic E-state index is 11.0. The highest BCUT2D eigenvalue weighted by molar-refractivity contribution is 5.76. The monoisotopic (exact) mass is 234 g/mol. The first-order valence-corrected chi connectivity index (χ1v) is 6.44. The molecule has 1 heterocycles. The van der Waals surface area contributed by atoms with Gasteiger partial charge < -0.3 is 5.73 Å². The molecule has 1 amide bonds. The van der Waals surface area contributed by atoms with E-state index in [2.05, 4.69) is 10.3 Å². The van der Waals surface area contributed by atoms with Gasteiger partial charge in [0.15, 0.2) is 0 Å². The fourth-order valence-corrected chi connectivity index (χ4v) is 2.46. The molecule has 2 aliphatic rings. The molecule has 0 bridgehead atoms. The minimum Gasteiger partial charge on any atom is -0.369 e. The standard InChI is InChI=1S/C12H18N4O/c13-11(17)6-10-12(9-2-1-3-9)16(15-14-10)7-8-4-5-8/h8-9H,1-7H2,(H2,13,17). The number of aromatic nitrogens is 3. The molecule has 1 aromatic rings. The smallest absolute Gasteiger partial charge is 0.223 e. The molecule has 5 heteroatoms. The normalized spacial score (nSPS) is 20.2. The Morgan fingerprint density at radius 3 is 2.65 bits per heavy atom. The average molecular weight is 234 g/mol. The molecule has 0 aromatic carbocycles. The summed E-state index contributed by atoms with van der Waals surface area (Å²) in [5.74, 6) is 1.01. The highest BCUT2D eigenvalue weighted by Gasteiger charge is 2.30. The molecule has 0 atom stereocenters. The van der Waals surface area contributed by atoms with Crippen LogP contribution in [0.25, 0.3) is 0 Å². The molecule has 2 fully saturated rings. The average Bonchev–Trinajstić information content (AvgIpc) is 2.92. The SMILES string of the molecule is NC(=O)Cc1nnn(CC2CC2)c1C1CCC1. The van der Waals surface area contributed by atoms with E-state index in [1.54, 1.807) is 0 Å². The van der Waals surface area contributed by atoms with E-state index >= 15 is 0 Å². The lowest BCUT2D eigenvalue weighted by Crippen LogP contribution is -2.20. The Labute approximate surface area is 100 Å². The van der Waals surface area contributed by atoms with Crippen LogP contribution < -0.4 is 5.73 Å². The number of amides is 1. The minimum absolute atomic E-state index is 0.233. The van der Waals surface area contributed by atoms with Crippen molar-refractivity contribution in [2.45, 2.75) is 51.0 Å². The third-order valence-electron chi connectivity index (χ3n) is 3.81. The number of rotatable bonds is 5. The van der Waals surface area contributed by atoms with E-state index in [9.17, 15) is 4.79 Å². The minimum atomic E-state index is -0.316. The van der Waals surface area contributed by atoms with Crippen LogP contribution in [0, 0.1) is 5.92 Å². The molecule has 0 spiro atoms. The Morgan fingerprint density at radius 2 is 2.12 bits per heavy atom. The van der Waals surface area contributed by atoms with Crippen LogP contribution in [0.4, 0.5) is 0 Å². The summed E-state index contributed by atoms with van der Waals surface area (Å²) in [5.41, 5.74) is 7.25. The molecule has 0 aliphatic heterocycles. The summed E-state index contributed by atoms with van der Waals surface area (Å²) in [6, 6.07) is 0. The second-order valence-corrected chi connectivity index (χ2v) is 5.32. The first kappa shape index (κ1) is 10.7. The van der Waals surface area contributed by atoms with Gasteiger partial charge in [-0.25, -0.2) is 4.68 Å². The van der Waals surface area contributed by atoms with Crippen LogP contribution in [0.1, 0.15) is 49.4 Å². The largest absolute Gasteiger partial charge is 0.369 e. The highest BCUT2D eigenvalue weighted by atomic mass is 16.1. The molecule has 0 radical (unpaired) electrons. The second kappa shape index (κ2) is 4.13. The van der Waals surface area contributed by atoms with Crippen LogP contribution in [0.15, 0.2) is 0 Å². The number of nitrogens with two attached hydrogens (primary N) is 1. The van der Waals surface area contributed by atoms with Gasteiger partial charge in [0.05, 0.1) is 17.8 Å². The topological polar surface area (TPSA) is 73.8 Å². The van der Waals surface area contributed by atoms with E-state index in [-0.39, 0.29) is 12.3 Å². The van der Waals surface area contributed by atoms with E-state index in [1.807, 2.05) is 4.68 Å². The van der Waals surface area contributed by atoms with E-state index in [4.69, 9.17) is 5.73 Å². The summed E-state index contributed by atoms with van der Waals surface area (Å²) in [4.78, 5) is 11.0. The third kappa shape index (κ3) is 2.18. The van der Waals surface area contributed by atoms with Gasteiger partial charge in [-0.3, -0.25) is 4.79 Å². The molecule has 17 heavy (non-hydrogen) atoms. The van der Waals surface area contributed by atoms with Gasteiger partial charge in [0.25, 0.3) is 0 Å². The summed E-state index contributed by atoms with van der Waals surface area (Å²) in [7, 11) is 0. The summed E-state index contributed by atoms with van der Waals surface area (Å²) >= 11 is 0. The number of hydrogen-bond acceptors (Lipinski definition) is 3. The summed E-state index contributed by atoms with van der Waals surface area (Å²) in [6.45, 7) is 0.970. The van der Waals surface area contributed by atoms with Gasteiger partial charge in [-0.1, -0.05) is 11.6 Å². The Hall–Kier alpha value is -1.39. The van der Waals surface area contributed by atoms with Crippen molar-refractivity contribution >= 4 is 5.91 Å². The van der Waals surface area contributed by atoms with Crippen molar-refractivity contribution in [3.63, 3.8) is 0 Å².